The average molecular weight is 385 g/mol. The minimum Gasteiger partial charge on any atom is -0.379 e. The van der Waals surface area contributed by atoms with Gasteiger partial charge in [0.05, 0.1) is 11.4 Å². The Morgan fingerprint density at radius 3 is 2.58 bits per heavy atom. The second kappa shape index (κ2) is 6.39. The third-order valence-electron chi connectivity index (χ3n) is 2.68. The first-order valence-corrected chi connectivity index (χ1v) is 7.45. The van der Waals surface area contributed by atoms with Crippen molar-refractivity contribution in [3.05, 3.63) is 51.2 Å². The van der Waals surface area contributed by atoms with Gasteiger partial charge in [0.1, 0.15) is 0 Å². The number of anilines is 2. The van der Waals surface area contributed by atoms with Crippen LogP contribution in [0.2, 0.25) is 0 Å². The first-order valence-electron chi connectivity index (χ1n) is 5.86. The molecule has 0 fully saturated rings. The number of rotatable bonds is 4. The van der Waals surface area contributed by atoms with E-state index in [1.807, 2.05) is 26.4 Å². The fraction of sp³-hybridized carbons (Fsp3) is 0.214. The summed E-state index contributed by atoms with van der Waals surface area (Å²) in [6.45, 7) is 0.740. The Hall–Kier alpha value is -1.07. The van der Waals surface area contributed by atoms with Gasteiger partial charge in [-0.25, -0.2) is 0 Å². The lowest BCUT2D eigenvalue weighted by Crippen LogP contribution is -2.12. The second-order valence-electron chi connectivity index (χ2n) is 4.42. The molecule has 0 amide bonds. The highest BCUT2D eigenvalue weighted by molar-refractivity contribution is 9.10. The van der Waals surface area contributed by atoms with Gasteiger partial charge in [0, 0.05) is 42.0 Å². The Morgan fingerprint density at radius 2 is 1.89 bits per heavy atom. The number of benzene rings is 1. The molecule has 2 rings (SSSR count). The summed E-state index contributed by atoms with van der Waals surface area (Å²) in [4.78, 5) is 6.26. The van der Waals surface area contributed by atoms with Crippen LogP contribution < -0.4 is 10.2 Å². The van der Waals surface area contributed by atoms with Crippen molar-refractivity contribution in [3.63, 3.8) is 0 Å². The first-order chi connectivity index (χ1) is 9.06. The molecule has 0 aliphatic carbocycles. The molecule has 5 heteroatoms. The predicted molar refractivity (Wildman–Crippen MR) is 87.7 cm³/mol. The summed E-state index contributed by atoms with van der Waals surface area (Å²) in [5.41, 5.74) is 3.39. The molecule has 0 aliphatic rings. The molecule has 1 N–H and O–H groups in total. The normalized spacial score (nSPS) is 10.3. The van der Waals surface area contributed by atoms with Crippen molar-refractivity contribution in [1.29, 1.82) is 0 Å². The molecule has 1 heterocycles. The van der Waals surface area contributed by atoms with E-state index < -0.39 is 0 Å². The van der Waals surface area contributed by atoms with E-state index in [-0.39, 0.29) is 0 Å². The molecular weight excluding hydrogens is 370 g/mol. The molecule has 0 radical (unpaired) electrons. The zero-order chi connectivity index (χ0) is 13.8. The van der Waals surface area contributed by atoms with Crippen molar-refractivity contribution >= 4 is 43.2 Å². The van der Waals surface area contributed by atoms with Crippen LogP contribution >= 0.6 is 31.9 Å². The number of nitrogens with one attached hydrogen (secondary N) is 1. The quantitative estimate of drug-likeness (QED) is 0.852. The number of nitrogens with zero attached hydrogens (tertiary/aromatic N) is 2. The number of halogens is 2. The molecule has 0 bridgehead atoms. The van der Waals surface area contributed by atoms with Gasteiger partial charge >= 0.3 is 0 Å². The van der Waals surface area contributed by atoms with Crippen LogP contribution in [0.25, 0.3) is 0 Å². The number of pyridine rings is 1. The van der Waals surface area contributed by atoms with Gasteiger partial charge in [-0.05, 0) is 45.8 Å². The molecule has 1 aromatic carbocycles. The summed E-state index contributed by atoms with van der Waals surface area (Å²) in [5.74, 6) is 0. The van der Waals surface area contributed by atoms with E-state index in [2.05, 4.69) is 65.3 Å². The minimum atomic E-state index is 0.740. The Balaban J connectivity index is 2.17. The molecule has 3 nitrogen and oxygen atoms in total. The first kappa shape index (κ1) is 14.3. The van der Waals surface area contributed by atoms with Gasteiger partial charge in [0.15, 0.2) is 0 Å². The molecule has 0 spiro atoms. The second-order valence-corrected chi connectivity index (χ2v) is 6.25. The molecule has 2 aromatic rings. The van der Waals surface area contributed by atoms with Gasteiger partial charge in [-0.1, -0.05) is 15.9 Å². The monoisotopic (exact) mass is 383 g/mol. The molecule has 1 aromatic heterocycles. The molecular formula is C14H15Br2N3. The summed E-state index contributed by atoms with van der Waals surface area (Å²) in [7, 11) is 4.07. The fourth-order valence-electron chi connectivity index (χ4n) is 1.79. The van der Waals surface area contributed by atoms with E-state index in [1.165, 1.54) is 0 Å². The van der Waals surface area contributed by atoms with E-state index in [4.69, 9.17) is 0 Å². The average Bonchev–Trinajstić information content (AvgIpc) is 2.36. The Bertz CT molecular complexity index is 570. The van der Waals surface area contributed by atoms with E-state index in [0.717, 1.165) is 32.4 Å². The zero-order valence-corrected chi connectivity index (χ0v) is 14.0. The lowest BCUT2D eigenvalue weighted by Gasteiger charge is -2.19. The van der Waals surface area contributed by atoms with Gasteiger partial charge in [-0.3, -0.25) is 4.98 Å². The van der Waals surface area contributed by atoms with Crippen molar-refractivity contribution < 1.29 is 0 Å². The maximum absolute atomic E-state index is 4.17. The van der Waals surface area contributed by atoms with E-state index in [9.17, 15) is 0 Å². The molecule has 0 saturated heterocycles. The zero-order valence-electron chi connectivity index (χ0n) is 10.8. The SMILES string of the molecule is CN(C)c1ccc(Br)cc1NCc1cncc(Br)c1. The highest BCUT2D eigenvalue weighted by Crippen LogP contribution is 2.28. The summed E-state index contributed by atoms with van der Waals surface area (Å²) in [5, 5.41) is 3.45. The van der Waals surface area contributed by atoms with Crippen molar-refractivity contribution in [2.24, 2.45) is 0 Å². The van der Waals surface area contributed by atoms with Crippen molar-refractivity contribution in [2.45, 2.75) is 6.54 Å². The predicted octanol–water partition coefficient (Wildman–Crippen LogP) is 4.28. The smallest absolute Gasteiger partial charge is 0.0597 e. The minimum absolute atomic E-state index is 0.740. The lowest BCUT2D eigenvalue weighted by atomic mass is 10.2. The van der Waals surface area contributed by atoms with Crippen LogP contribution in [0.3, 0.4) is 0 Å². The van der Waals surface area contributed by atoms with Gasteiger partial charge in [-0.2, -0.15) is 0 Å². The Kier molecular flexibility index (Phi) is 4.82. The molecule has 100 valence electrons. The molecule has 0 unspecified atom stereocenters. The van der Waals surface area contributed by atoms with Crippen LogP contribution in [0.4, 0.5) is 11.4 Å². The van der Waals surface area contributed by atoms with Crippen LogP contribution in [0.15, 0.2) is 45.6 Å². The molecule has 0 atom stereocenters. The molecule has 0 saturated carbocycles. The fourth-order valence-corrected chi connectivity index (χ4v) is 2.56. The van der Waals surface area contributed by atoms with Crippen molar-refractivity contribution in [1.82, 2.24) is 4.98 Å². The topological polar surface area (TPSA) is 28.2 Å². The number of hydrogen-bond acceptors (Lipinski definition) is 3. The third-order valence-corrected chi connectivity index (χ3v) is 3.61. The molecule has 19 heavy (non-hydrogen) atoms. The third kappa shape index (κ3) is 3.94. The number of hydrogen-bond donors (Lipinski definition) is 1. The van der Waals surface area contributed by atoms with Crippen LogP contribution in [0, 0.1) is 0 Å². The van der Waals surface area contributed by atoms with Gasteiger partial charge < -0.3 is 10.2 Å². The van der Waals surface area contributed by atoms with Crippen LogP contribution in [0.5, 0.6) is 0 Å². The van der Waals surface area contributed by atoms with Gasteiger partial charge in [0.25, 0.3) is 0 Å². The summed E-state index contributed by atoms with van der Waals surface area (Å²) in [6, 6.07) is 8.28. The summed E-state index contributed by atoms with van der Waals surface area (Å²) in [6.07, 6.45) is 3.65. The number of aromatic nitrogens is 1. The highest BCUT2D eigenvalue weighted by Gasteiger charge is 2.05. The van der Waals surface area contributed by atoms with Crippen molar-refractivity contribution in [3.8, 4) is 0 Å². The van der Waals surface area contributed by atoms with Crippen LogP contribution in [0.1, 0.15) is 5.56 Å². The summed E-state index contributed by atoms with van der Waals surface area (Å²) >= 11 is 6.94. The van der Waals surface area contributed by atoms with Gasteiger partial charge in [-0.15, -0.1) is 0 Å². The van der Waals surface area contributed by atoms with Gasteiger partial charge in [0.2, 0.25) is 0 Å². The highest BCUT2D eigenvalue weighted by atomic mass is 79.9. The van der Waals surface area contributed by atoms with E-state index >= 15 is 0 Å². The standard InChI is InChI=1S/C14H15Br2N3/c1-19(2)14-4-3-11(15)6-13(14)18-8-10-5-12(16)9-17-7-10/h3-7,9,18H,8H2,1-2H3. The maximum atomic E-state index is 4.17. The summed E-state index contributed by atoms with van der Waals surface area (Å²) < 4.78 is 2.06. The van der Waals surface area contributed by atoms with Crippen LogP contribution in [-0.2, 0) is 6.54 Å². The molecule has 0 aliphatic heterocycles. The Morgan fingerprint density at radius 1 is 1.11 bits per heavy atom. The largest absolute Gasteiger partial charge is 0.379 e. The Labute approximate surface area is 130 Å². The van der Waals surface area contributed by atoms with Crippen LogP contribution in [-0.4, -0.2) is 19.1 Å². The maximum Gasteiger partial charge on any atom is 0.0597 e. The lowest BCUT2D eigenvalue weighted by molar-refractivity contribution is 1.08. The van der Waals surface area contributed by atoms with E-state index in [1.54, 1.807) is 6.20 Å². The van der Waals surface area contributed by atoms with E-state index in [0.29, 0.717) is 0 Å². The van der Waals surface area contributed by atoms with Crippen molar-refractivity contribution in [2.75, 3.05) is 24.3 Å².